The third-order valence-corrected chi connectivity index (χ3v) is 5.55. The van der Waals surface area contributed by atoms with Crippen molar-refractivity contribution in [3.8, 4) is 0 Å². The van der Waals surface area contributed by atoms with Gasteiger partial charge in [-0.05, 0) is 37.8 Å². The molecular formula is C24H37N7O7. The lowest BCUT2D eigenvalue weighted by molar-refractivity contribution is -0.142. The number of benzene rings is 1. The zero-order valence-electron chi connectivity index (χ0n) is 21.1. The second-order valence-electron chi connectivity index (χ2n) is 8.78. The molecule has 5 amide bonds. The number of nitrogens with one attached hydrogen (secondary N) is 3. The van der Waals surface area contributed by atoms with Crippen LogP contribution in [0, 0.1) is 0 Å². The van der Waals surface area contributed by atoms with E-state index in [1.165, 1.54) is 0 Å². The van der Waals surface area contributed by atoms with Gasteiger partial charge in [0.25, 0.3) is 0 Å². The lowest BCUT2D eigenvalue weighted by Crippen LogP contribution is -2.57. The van der Waals surface area contributed by atoms with Gasteiger partial charge in [0.15, 0.2) is 0 Å². The van der Waals surface area contributed by atoms with Crippen molar-refractivity contribution in [2.45, 2.75) is 69.1 Å². The molecule has 0 saturated heterocycles. The summed E-state index contributed by atoms with van der Waals surface area (Å²) in [7, 11) is 0. The fraction of sp³-hybridized carbons (Fsp3) is 0.500. The van der Waals surface area contributed by atoms with Crippen molar-refractivity contribution in [2.24, 2.45) is 22.9 Å². The highest BCUT2D eigenvalue weighted by Crippen LogP contribution is 2.07. The average molecular weight is 536 g/mol. The van der Waals surface area contributed by atoms with Gasteiger partial charge >= 0.3 is 5.97 Å². The van der Waals surface area contributed by atoms with Crippen LogP contribution < -0.4 is 38.9 Å². The number of hydrogen-bond donors (Lipinski definition) is 8. The van der Waals surface area contributed by atoms with E-state index in [4.69, 9.17) is 22.9 Å². The molecule has 210 valence electrons. The first-order chi connectivity index (χ1) is 17.9. The number of amides is 5. The molecule has 0 heterocycles. The number of carboxylic acids is 1. The highest BCUT2D eigenvalue weighted by molar-refractivity contribution is 5.95. The van der Waals surface area contributed by atoms with Gasteiger partial charge in [-0.25, -0.2) is 4.79 Å². The average Bonchev–Trinajstić information content (AvgIpc) is 2.85. The van der Waals surface area contributed by atoms with Gasteiger partial charge in [-0.1, -0.05) is 30.3 Å². The number of hydrogen-bond acceptors (Lipinski definition) is 8. The first kappa shape index (κ1) is 32.0. The van der Waals surface area contributed by atoms with Gasteiger partial charge in [-0.15, -0.1) is 0 Å². The summed E-state index contributed by atoms with van der Waals surface area (Å²) in [6.45, 7) is 0.338. The van der Waals surface area contributed by atoms with Crippen molar-refractivity contribution in [1.29, 1.82) is 0 Å². The second-order valence-corrected chi connectivity index (χ2v) is 8.78. The fourth-order valence-electron chi connectivity index (χ4n) is 3.50. The van der Waals surface area contributed by atoms with Crippen LogP contribution >= 0.6 is 0 Å². The smallest absolute Gasteiger partial charge is 0.326 e. The van der Waals surface area contributed by atoms with Crippen molar-refractivity contribution >= 4 is 35.5 Å². The van der Waals surface area contributed by atoms with Crippen molar-refractivity contribution in [2.75, 3.05) is 6.54 Å². The van der Waals surface area contributed by atoms with Gasteiger partial charge in [0.1, 0.15) is 18.1 Å². The molecule has 0 bridgehead atoms. The maximum Gasteiger partial charge on any atom is 0.326 e. The number of unbranched alkanes of at least 4 members (excludes halogenated alkanes) is 1. The Morgan fingerprint density at radius 2 is 1.32 bits per heavy atom. The Hall–Kier alpha value is -4.04. The first-order valence-corrected chi connectivity index (χ1v) is 12.1. The summed E-state index contributed by atoms with van der Waals surface area (Å²) in [5.74, 6) is -5.26. The number of carbonyl (C=O) groups excluding carboxylic acids is 5. The third kappa shape index (κ3) is 12.3. The molecule has 4 atom stereocenters. The molecule has 1 rings (SSSR count). The Balaban J connectivity index is 3.04. The number of primary amides is 2. The summed E-state index contributed by atoms with van der Waals surface area (Å²) < 4.78 is 0. The molecule has 14 nitrogen and oxygen atoms in total. The van der Waals surface area contributed by atoms with E-state index in [9.17, 15) is 33.9 Å². The highest BCUT2D eigenvalue weighted by Gasteiger charge is 2.30. The van der Waals surface area contributed by atoms with Gasteiger partial charge in [0, 0.05) is 12.8 Å². The van der Waals surface area contributed by atoms with Gasteiger partial charge in [0.2, 0.25) is 29.5 Å². The standard InChI is InChI=1S/C24H37N7O7/c25-11-5-4-8-16(29-21(34)15(26)13-20(28)33)22(35)30-17(9-10-19(27)32)23(36)31-18(24(37)38)12-14-6-2-1-3-7-14/h1-3,6-7,15-18H,4-5,8-13,25-26H2,(H2,27,32)(H2,28,33)(H,29,34)(H,30,35)(H,31,36)(H,37,38). The normalized spacial score (nSPS) is 13.8. The van der Waals surface area contributed by atoms with Crippen LogP contribution in [0.25, 0.3) is 0 Å². The van der Waals surface area contributed by atoms with Gasteiger partial charge in [0.05, 0.1) is 12.5 Å². The summed E-state index contributed by atoms with van der Waals surface area (Å²) in [5, 5.41) is 16.9. The summed E-state index contributed by atoms with van der Waals surface area (Å²) in [4.78, 5) is 72.7. The van der Waals surface area contributed by atoms with Crippen LogP contribution in [0.4, 0.5) is 0 Å². The van der Waals surface area contributed by atoms with Crippen LogP contribution in [0.15, 0.2) is 30.3 Å². The van der Waals surface area contributed by atoms with Crippen molar-refractivity contribution in [3.63, 3.8) is 0 Å². The molecule has 0 saturated carbocycles. The molecule has 0 aliphatic rings. The van der Waals surface area contributed by atoms with Crippen LogP contribution in [0.5, 0.6) is 0 Å². The lowest BCUT2D eigenvalue weighted by atomic mass is 10.0. The first-order valence-electron chi connectivity index (χ1n) is 12.1. The van der Waals surface area contributed by atoms with Gasteiger partial charge in [-0.3, -0.25) is 24.0 Å². The number of carboxylic acid groups (broad SMARTS) is 1. The van der Waals surface area contributed by atoms with E-state index in [2.05, 4.69) is 16.0 Å². The molecule has 38 heavy (non-hydrogen) atoms. The maximum atomic E-state index is 13.1. The Morgan fingerprint density at radius 3 is 1.84 bits per heavy atom. The van der Waals surface area contributed by atoms with E-state index < -0.39 is 66.1 Å². The molecular weight excluding hydrogens is 498 g/mol. The zero-order chi connectivity index (χ0) is 28.7. The second kappa shape index (κ2) is 16.7. The number of nitrogens with two attached hydrogens (primary N) is 4. The Bertz CT molecular complexity index is 974. The van der Waals surface area contributed by atoms with E-state index in [0.29, 0.717) is 24.9 Å². The van der Waals surface area contributed by atoms with E-state index >= 15 is 0 Å². The van der Waals surface area contributed by atoms with E-state index in [1.54, 1.807) is 30.3 Å². The fourth-order valence-corrected chi connectivity index (χ4v) is 3.50. The minimum atomic E-state index is -1.33. The summed E-state index contributed by atoms with van der Waals surface area (Å²) in [6.07, 6.45) is 0.165. The molecule has 0 aliphatic heterocycles. The third-order valence-electron chi connectivity index (χ3n) is 5.55. The Labute approximate surface area is 220 Å². The predicted molar refractivity (Wildman–Crippen MR) is 137 cm³/mol. The summed E-state index contributed by atoms with van der Waals surface area (Å²) in [5.41, 5.74) is 22.1. The molecule has 1 aromatic rings. The van der Waals surface area contributed by atoms with Gasteiger partial charge in [-0.2, -0.15) is 0 Å². The van der Waals surface area contributed by atoms with Crippen LogP contribution in [-0.4, -0.2) is 71.3 Å². The molecule has 0 fully saturated rings. The van der Waals surface area contributed by atoms with Crippen molar-refractivity contribution in [1.82, 2.24) is 16.0 Å². The quantitative estimate of drug-likeness (QED) is 0.0912. The Morgan fingerprint density at radius 1 is 0.763 bits per heavy atom. The topological polar surface area (TPSA) is 263 Å². The van der Waals surface area contributed by atoms with E-state index in [-0.39, 0.29) is 25.7 Å². The van der Waals surface area contributed by atoms with Crippen molar-refractivity contribution in [3.05, 3.63) is 35.9 Å². The number of aliphatic carboxylic acids is 1. The summed E-state index contributed by atoms with van der Waals surface area (Å²) in [6, 6.07) is 3.51. The van der Waals surface area contributed by atoms with Crippen LogP contribution in [0.3, 0.4) is 0 Å². The SMILES string of the molecule is NCCCCC(NC(=O)C(N)CC(N)=O)C(=O)NC(CCC(N)=O)C(=O)NC(Cc1ccccc1)C(=O)O. The molecule has 4 unspecified atom stereocenters. The predicted octanol–water partition coefficient (Wildman–Crippen LogP) is -2.63. The highest BCUT2D eigenvalue weighted by atomic mass is 16.4. The van der Waals surface area contributed by atoms with Crippen LogP contribution in [0.2, 0.25) is 0 Å². The molecule has 0 radical (unpaired) electrons. The molecule has 0 aromatic heterocycles. The zero-order valence-corrected chi connectivity index (χ0v) is 21.1. The van der Waals surface area contributed by atoms with Crippen LogP contribution in [-0.2, 0) is 35.2 Å². The summed E-state index contributed by atoms with van der Waals surface area (Å²) >= 11 is 0. The molecule has 14 heteroatoms. The molecule has 0 aliphatic carbocycles. The molecule has 12 N–H and O–H groups in total. The minimum absolute atomic E-state index is 0.0199. The molecule has 0 spiro atoms. The van der Waals surface area contributed by atoms with Crippen molar-refractivity contribution < 1.29 is 33.9 Å². The largest absolute Gasteiger partial charge is 0.480 e. The maximum absolute atomic E-state index is 13.1. The van der Waals surface area contributed by atoms with Gasteiger partial charge < -0.3 is 44.0 Å². The number of rotatable bonds is 18. The monoisotopic (exact) mass is 535 g/mol. The van der Waals surface area contributed by atoms with Crippen LogP contribution in [0.1, 0.15) is 44.1 Å². The lowest BCUT2D eigenvalue weighted by Gasteiger charge is -2.25. The minimum Gasteiger partial charge on any atom is -0.480 e. The van der Waals surface area contributed by atoms with E-state index in [0.717, 1.165) is 0 Å². The number of carbonyl (C=O) groups is 6. The van der Waals surface area contributed by atoms with E-state index in [1.807, 2.05) is 0 Å². The molecule has 1 aromatic carbocycles. The Kier molecular flexibility index (Phi) is 14.0.